The monoisotopic (exact) mass is 524 g/mol. The molecule has 0 spiro atoms. The van der Waals surface area contributed by atoms with Crippen molar-refractivity contribution in [2.24, 2.45) is 0 Å². The van der Waals surface area contributed by atoms with E-state index in [2.05, 4.69) is 4.98 Å². The second-order valence-electron chi connectivity index (χ2n) is 8.20. The molecule has 0 aliphatic carbocycles. The van der Waals surface area contributed by atoms with Gasteiger partial charge in [0.1, 0.15) is 30.0 Å². The van der Waals surface area contributed by atoms with Gasteiger partial charge in [-0.25, -0.2) is 28.1 Å². The van der Waals surface area contributed by atoms with Gasteiger partial charge in [-0.05, 0) is 49.2 Å². The molecule has 1 aromatic heterocycles. The Morgan fingerprint density at radius 2 is 1.86 bits per heavy atom. The lowest BCUT2D eigenvalue weighted by Gasteiger charge is -2.43. The van der Waals surface area contributed by atoms with Gasteiger partial charge in [-0.2, -0.15) is 4.31 Å². The van der Waals surface area contributed by atoms with E-state index in [0.717, 1.165) is 4.31 Å². The van der Waals surface area contributed by atoms with Crippen LogP contribution in [0.5, 0.6) is 11.5 Å². The quantitative estimate of drug-likeness (QED) is 0.298. The lowest BCUT2D eigenvalue weighted by atomic mass is 10.1. The van der Waals surface area contributed by atoms with Crippen molar-refractivity contribution < 1.29 is 41.8 Å². The number of fused-ring (bicyclic) bond motifs is 2. The second-order valence-corrected chi connectivity index (χ2v) is 10.0. The van der Waals surface area contributed by atoms with Crippen LogP contribution in [0.15, 0.2) is 47.6 Å². The number of piperazine rings is 1. The van der Waals surface area contributed by atoms with Crippen LogP contribution in [0.4, 0.5) is 9.18 Å². The van der Waals surface area contributed by atoms with Crippen LogP contribution in [0, 0.1) is 5.82 Å². The van der Waals surface area contributed by atoms with Crippen molar-refractivity contribution in [3.05, 3.63) is 48.4 Å². The van der Waals surface area contributed by atoms with Crippen molar-refractivity contribution in [1.29, 1.82) is 0 Å². The number of ether oxygens (including phenoxy) is 3. The molecule has 2 aliphatic heterocycles. The molecule has 3 heterocycles. The fourth-order valence-corrected chi connectivity index (χ4v) is 6.01. The Morgan fingerprint density at radius 1 is 1.14 bits per heavy atom. The Bertz CT molecular complexity index is 1200. The normalized spacial score (nSPS) is 21.8. The molecule has 2 aromatic rings. The highest BCUT2D eigenvalue weighted by Gasteiger charge is 2.55. The fraction of sp³-hybridized carbons (Fsp3) is 0.409. The summed E-state index contributed by atoms with van der Waals surface area (Å²) >= 11 is 0. The number of aromatic nitrogens is 1. The third kappa shape index (κ3) is 5.11. The predicted octanol–water partition coefficient (Wildman–Crippen LogP) is 1.51. The maximum Gasteiger partial charge on any atom is 0.410 e. The smallest absolute Gasteiger partial charge is 0.410 e. The number of hydroxylamine groups is 1. The molecule has 2 saturated heterocycles. The molecule has 2 N–H and O–H groups in total. The van der Waals surface area contributed by atoms with Crippen LogP contribution in [0.25, 0.3) is 0 Å². The highest BCUT2D eigenvalue weighted by Crippen LogP contribution is 2.37. The van der Waals surface area contributed by atoms with E-state index in [1.165, 1.54) is 60.1 Å². The summed E-state index contributed by atoms with van der Waals surface area (Å²) in [4.78, 5) is 30.6. The van der Waals surface area contributed by atoms with E-state index in [-0.39, 0.29) is 30.5 Å². The Hall–Kier alpha value is -3.33. The average molecular weight is 525 g/mol. The number of sulfonamides is 1. The largest absolute Gasteiger partial charge is 0.456 e. The van der Waals surface area contributed by atoms with Crippen LogP contribution >= 0.6 is 0 Å². The molecule has 2 unspecified atom stereocenters. The number of amides is 2. The van der Waals surface area contributed by atoms with Crippen molar-refractivity contribution in [3.63, 3.8) is 0 Å². The van der Waals surface area contributed by atoms with E-state index in [9.17, 15) is 27.6 Å². The van der Waals surface area contributed by atoms with E-state index in [1.54, 1.807) is 0 Å². The van der Waals surface area contributed by atoms with Gasteiger partial charge in [-0.15, -0.1) is 0 Å². The van der Waals surface area contributed by atoms with Crippen LogP contribution in [-0.4, -0.2) is 84.8 Å². The molecule has 4 rings (SSSR count). The van der Waals surface area contributed by atoms with Crippen molar-refractivity contribution in [2.75, 3.05) is 26.9 Å². The molecule has 194 valence electrons. The molecule has 0 radical (unpaired) electrons. The first-order valence-corrected chi connectivity index (χ1v) is 12.5. The third-order valence-electron chi connectivity index (χ3n) is 6.05. The van der Waals surface area contributed by atoms with Gasteiger partial charge in [0.25, 0.3) is 15.9 Å². The first-order valence-electron chi connectivity index (χ1n) is 11.1. The fourth-order valence-electron chi connectivity index (χ4n) is 4.44. The van der Waals surface area contributed by atoms with Gasteiger partial charge in [-0.1, -0.05) is 0 Å². The van der Waals surface area contributed by atoms with Crippen molar-refractivity contribution >= 4 is 22.0 Å². The molecule has 3 atom stereocenters. The first kappa shape index (κ1) is 25.8. The number of carbonyl (C=O) groups excluding carboxylic acids is 2. The van der Waals surface area contributed by atoms with E-state index in [4.69, 9.17) is 14.2 Å². The zero-order chi connectivity index (χ0) is 25.9. The molecule has 36 heavy (non-hydrogen) atoms. The van der Waals surface area contributed by atoms with Gasteiger partial charge < -0.3 is 14.2 Å². The molecule has 2 aliphatic rings. The van der Waals surface area contributed by atoms with Crippen LogP contribution < -0.4 is 10.2 Å². The number of pyridine rings is 1. The van der Waals surface area contributed by atoms with Crippen molar-refractivity contribution in [2.45, 2.75) is 36.0 Å². The molecular weight excluding hydrogens is 499 g/mol. The number of hydrogen-bond donors (Lipinski definition) is 2. The van der Waals surface area contributed by atoms with Gasteiger partial charge in [-0.3, -0.25) is 14.9 Å². The maximum absolute atomic E-state index is 13.5. The standard InChI is InChI=1S/C22H25FN4O8S/c1-33-10-11-34-22(29)27-15-4-8-18(27)20(21(28)25-30)26(13-15)36(31,32)19-9-7-17(12-24-19)35-16-5-2-14(23)3-6-16/h2-3,5-7,9,12,15,18,20,30H,4,8,10-11,13H2,1H3,(H,25,28)/t15?,18-,20?/m0/s1. The number of nitrogens with zero attached hydrogens (tertiary/aromatic N) is 3. The minimum Gasteiger partial charge on any atom is -0.456 e. The average Bonchev–Trinajstić information content (AvgIpc) is 3.18. The van der Waals surface area contributed by atoms with Gasteiger partial charge >= 0.3 is 6.09 Å². The van der Waals surface area contributed by atoms with Gasteiger partial charge in [0.05, 0.1) is 18.8 Å². The van der Waals surface area contributed by atoms with E-state index in [0.29, 0.717) is 18.6 Å². The van der Waals surface area contributed by atoms with Crippen LogP contribution in [0.1, 0.15) is 12.8 Å². The summed E-state index contributed by atoms with van der Waals surface area (Å²) in [5.74, 6) is -0.858. The van der Waals surface area contributed by atoms with Crippen LogP contribution in [-0.2, 0) is 24.3 Å². The molecule has 14 heteroatoms. The zero-order valence-corrected chi connectivity index (χ0v) is 20.1. The highest BCUT2D eigenvalue weighted by atomic mass is 32.2. The van der Waals surface area contributed by atoms with E-state index >= 15 is 0 Å². The Balaban J connectivity index is 1.56. The van der Waals surface area contributed by atoms with Gasteiger partial charge in [0, 0.05) is 19.7 Å². The molecule has 1 aromatic carbocycles. The minimum absolute atomic E-state index is 0.000408. The lowest BCUT2D eigenvalue weighted by molar-refractivity contribution is -0.136. The molecule has 0 saturated carbocycles. The number of methoxy groups -OCH3 is 1. The zero-order valence-electron chi connectivity index (χ0n) is 19.2. The van der Waals surface area contributed by atoms with Crippen molar-refractivity contribution in [3.8, 4) is 11.5 Å². The van der Waals surface area contributed by atoms with Crippen LogP contribution in [0.2, 0.25) is 0 Å². The first-order chi connectivity index (χ1) is 17.3. The van der Waals surface area contributed by atoms with Gasteiger partial charge in [0.2, 0.25) is 0 Å². The summed E-state index contributed by atoms with van der Waals surface area (Å²) in [6.07, 6.45) is 1.29. The summed E-state index contributed by atoms with van der Waals surface area (Å²) in [7, 11) is -2.85. The number of nitrogens with one attached hydrogen (secondary N) is 1. The summed E-state index contributed by atoms with van der Waals surface area (Å²) in [5.41, 5.74) is 1.51. The Morgan fingerprint density at radius 3 is 2.50 bits per heavy atom. The molecule has 12 nitrogen and oxygen atoms in total. The molecule has 2 amide bonds. The summed E-state index contributed by atoms with van der Waals surface area (Å²) < 4.78 is 56.6. The minimum atomic E-state index is -4.31. The third-order valence-corrected chi connectivity index (χ3v) is 7.81. The summed E-state index contributed by atoms with van der Waals surface area (Å²) in [5, 5.41) is 8.98. The topological polar surface area (TPSA) is 148 Å². The maximum atomic E-state index is 13.5. The SMILES string of the molecule is COCCOC(=O)N1C2CC[C@H]1C(C(=O)NO)N(S(=O)(=O)c1ccc(Oc3ccc(F)cc3)cn1)C2. The number of hydrogen-bond acceptors (Lipinski definition) is 9. The lowest BCUT2D eigenvalue weighted by Crippen LogP contribution is -2.66. The summed E-state index contributed by atoms with van der Waals surface area (Å²) in [6, 6.07) is 5.08. The van der Waals surface area contributed by atoms with Crippen LogP contribution in [0.3, 0.4) is 0 Å². The number of benzene rings is 1. The highest BCUT2D eigenvalue weighted by molar-refractivity contribution is 7.89. The summed E-state index contributed by atoms with van der Waals surface area (Å²) in [6.45, 7) is -0.00523. The van der Waals surface area contributed by atoms with E-state index < -0.39 is 46.0 Å². The molecule has 2 bridgehead atoms. The number of rotatable bonds is 8. The number of halogens is 1. The molecular formula is C22H25FN4O8S. The molecule has 2 fully saturated rings. The predicted molar refractivity (Wildman–Crippen MR) is 120 cm³/mol. The van der Waals surface area contributed by atoms with Gasteiger partial charge in [0.15, 0.2) is 5.03 Å². The Labute approximate surface area is 206 Å². The Kier molecular flexibility index (Phi) is 7.68. The van der Waals surface area contributed by atoms with Crippen molar-refractivity contribution in [1.82, 2.24) is 19.7 Å². The van der Waals surface area contributed by atoms with E-state index in [1.807, 2.05) is 0 Å². The number of carbonyl (C=O) groups is 2. The second kappa shape index (κ2) is 10.7.